The van der Waals surface area contributed by atoms with E-state index in [0.717, 1.165) is 5.39 Å². The van der Waals surface area contributed by atoms with Crippen molar-refractivity contribution in [1.29, 1.82) is 0 Å². The van der Waals surface area contributed by atoms with Gasteiger partial charge in [0, 0.05) is 11.6 Å². The van der Waals surface area contributed by atoms with E-state index in [4.69, 9.17) is 6.42 Å². The largest absolute Gasteiger partial charge is 0.391 e. The first kappa shape index (κ1) is 16.5. The van der Waals surface area contributed by atoms with E-state index < -0.39 is 24.0 Å². The van der Waals surface area contributed by atoms with Gasteiger partial charge in [-0.1, -0.05) is 24.1 Å². The van der Waals surface area contributed by atoms with E-state index in [-0.39, 0.29) is 6.54 Å². The fraction of sp³-hybridized carbons (Fsp3) is 0.235. The van der Waals surface area contributed by atoms with Gasteiger partial charge in [0.25, 0.3) is 5.91 Å². The zero-order valence-electron chi connectivity index (χ0n) is 12.6. The van der Waals surface area contributed by atoms with E-state index in [2.05, 4.69) is 21.5 Å². The molecule has 0 aliphatic rings. The van der Waals surface area contributed by atoms with Crippen LogP contribution in [0.4, 0.5) is 0 Å². The molecule has 1 heterocycles. The summed E-state index contributed by atoms with van der Waals surface area (Å²) in [4.78, 5) is 28.6. The predicted octanol–water partition coefficient (Wildman–Crippen LogP) is 0.463. The van der Waals surface area contributed by atoms with Crippen LogP contribution in [0.1, 0.15) is 17.3 Å². The first-order valence-electron chi connectivity index (χ1n) is 7.08. The number of hydrogen-bond donors (Lipinski definition) is 3. The average Bonchev–Trinajstić information content (AvgIpc) is 2.56. The molecule has 0 radical (unpaired) electrons. The summed E-state index contributed by atoms with van der Waals surface area (Å²) in [7, 11) is 0. The summed E-state index contributed by atoms with van der Waals surface area (Å²) in [6.45, 7) is 1.44. The lowest BCUT2D eigenvalue weighted by Gasteiger charge is -2.20. The zero-order chi connectivity index (χ0) is 16.8. The molecule has 0 spiro atoms. The van der Waals surface area contributed by atoms with Crippen molar-refractivity contribution < 1.29 is 14.7 Å². The Morgan fingerprint density at radius 3 is 2.78 bits per heavy atom. The highest BCUT2D eigenvalue weighted by Crippen LogP contribution is 2.16. The van der Waals surface area contributed by atoms with Gasteiger partial charge in [0.15, 0.2) is 0 Å². The molecule has 1 aromatic heterocycles. The number of hydrogen-bond acceptors (Lipinski definition) is 4. The molecular weight excluding hydrogens is 294 g/mol. The van der Waals surface area contributed by atoms with Gasteiger partial charge in [0.2, 0.25) is 5.91 Å². The summed E-state index contributed by atoms with van der Waals surface area (Å²) in [6, 6.07) is 7.69. The van der Waals surface area contributed by atoms with Crippen molar-refractivity contribution in [2.45, 2.75) is 19.1 Å². The summed E-state index contributed by atoms with van der Waals surface area (Å²) >= 11 is 0. The Morgan fingerprint density at radius 1 is 1.35 bits per heavy atom. The van der Waals surface area contributed by atoms with Crippen LogP contribution in [0.5, 0.6) is 0 Å². The monoisotopic (exact) mass is 311 g/mol. The normalized spacial score (nSPS) is 12.9. The summed E-state index contributed by atoms with van der Waals surface area (Å²) in [5, 5.41) is 15.5. The Bertz CT molecular complexity index is 760. The molecule has 0 aliphatic carbocycles. The topological polar surface area (TPSA) is 91.3 Å². The summed E-state index contributed by atoms with van der Waals surface area (Å²) < 4.78 is 0. The number of nitrogens with zero attached hydrogens (tertiary/aromatic N) is 1. The van der Waals surface area contributed by atoms with Crippen LogP contribution in [0.15, 0.2) is 36.5 Å². The lowest BCUT2D eigenvalue weighted by atomic mass is 10.1. The molecule has 2 amide bonds. The Kier molecular flexibility index (Phi) is 5.28. The fourth-order valence-electron chi connectivity index (χ4n) is 2.16. The van der Waals surface area contributed by atoms with E-state index in [1.165, 1.54) is 6.92 Å². The molecule has 6 heteroatoms. The van der Waals surface area contributed by atoms with Gasteiger partial charge in [-0.05, 0) is 19.1 Å². The molecule has 0 saturated carbocycles. The third-order valence-corrected chi connectivity index (χ3v) is 3.29. The Balaban J connectivity index is 2.24. The van der Waals surface area contributed by atoms with Gasteiger partial charge in [-0.15, -0.1) is 6.42 Å². The number of aliphatic hydroxyl groups excluding tert-OH is 1. The third kappa shape index (κ3) is 3.84. The second-order valence-corrected chi connectivity index (χ2v) is 4.99. The van der Waals surface area contributed by atoms with Crippen LogP contribution in [0, 0.1) is 12.3 Å². The van der Waals surface area contributed by atoms with Gasteiger partial charge >= 0.3 is 0 Å². The fourth-order valence-corrected chi connectivity index (χ4v) is 2.16. The van der Waals surface area contributed by atoms with Crippen molar-refractivity contribution in [2.75, 3.05) is 6.54 Å². The van der Waals surface area contributed by atoms with Crippen molar-refractivity contribution in [3.63, 3.8) is 0 Å². The van der Waals surface area contributed by atoms with Crippen molar-refractivity contribution in [1.82, 2.24) is 15.6 Å². The molecule has 6 nitrogen and oxygen atoms in total. The van der Waals surface area contributed by atoms with Crippen molar-refractivity contribution in [3.05, 3.63) is 42.1 Å². The molecule has 1 aromatic carbocycles. The van der Waals surface area contributed by atoms with Crippen molar-refractivity contribution in [3.8, 4) is 12.3 Å². The first-order chi connectivity index (χ1) is 11.0. The first-order valence-corrected chi connectivity index (χ1v) is 7.08. The number of aromatic nitrogens is 1. The van der Waals surface area contributed by atoms with Crippen molar-refractivity contribution in [2.24, 2.45) is 0 Å². The van der Waals surface area contributed by atoms with Gasteiger partial charge in [0.1, 0.15) is 6.04 Å². The SMILES string of the molecule is C#CCNC(=O)[C@@H](NC(=O)c1cccc2cccnc12)[C@@H](C)O. The maximum absolute atomic E-state index is 12.5. The van der Waals surface area contributed by atoms with E-state index in [1.807, 2.05) is 12.1 Å². The summed E-state index contributed by atoms with van der Waals surface area (Å²) in [6.07, 6.45) is 5.60. The predicted molar refractivity (Wildman–Crippen MR) is 86.5 cm³/mol. The maximum Gasteiger partial charge on any atom is 0.254 e. The van der Waals surface area contributed by atoms with Crippen LogP contribution >= 0.6 is 0 Å². The summed E-state index contributed by atoms with van der Waals surface area (Å²) in [5.74, 6) is 1.23. The van der Waals surface area contributed by atoms with Gasteiger partial charge in [0.05, 0.1) is 23.7 Å². The molecule has 3 N–H and O–H groups in total. The molecule has 0 bridgehead atoms. The number of aliphatic hydroxyl groups is 1. The Labute approximate surface area is 133 Å². The lowest BCUT2D eigenvalue weighted by Crippen LogP contribution is -2.52. The van der Waals surface area contributed by atoms with Crippen molar-refractivity contribution >= 4 is 22.7 Å². The van der Waals surface area contributed by atoms with E-state index in [1.54, 1.807) is 24.4 Å². The standard InChI is InChI=1S/C17H17N3O3/c1-3-9-19-17(23)14(11(2)21)20-16(22)13-8-4-6-12-7-5-10-18-15(12)13/h1,4-8,10-11,14,21H,9H2,2H3,(H,19,23)(H,20,22)/t11-,14+/m1/s1. The maximum atomic E-state index is 12.5. The number of amides is 2. The van der Waals surface area contributed by atoms with Gasteiger partial charge in [-0.2, -0.15) is 0 Å². The molecule has 0 aliphatic heterocycles. The number of rotatable bonds is 5. The second-order valence-electron chi connectivity index (χ2n) is 4.99. The average molecular weight is 311 g/mol. The minimum Gasteiger partial charge on any atom is -0.391 e. The van der Waals surface area contributed by atoms with Gasteiger partial charge in [-0.3, -0.25) is 14.6 Å². The zero-order valence-corrected chi connectivity index (χ0v) is 12.6. The van der Waals surface area contributed by atoms with Crippen LogP contribution in [-0.4, -0.2) is 40.6 Å². The van der Waals surface area contributed by atoms with Gasteiger partial charge < -0.3 is 15.7 Å². The molecule has 2 atom stereocenters. The smallest absolute Gasteiger partial charge is 0.254 e. The molecular formula is C17H17N3O3. The quantitative estimate of drug-likeness (QED) is 0.700. The molecule has 118 valence electrons. The molecule has 23 heavy (non-hydrogen) atoms. The third-order valence-electron chi connectivity index (χ3n) is 3.29. The van der Waals surface area contributed by atoms with Crippen LogP contribution < -0.4 is 10.6 Å². The number of benzene rings is 1. The number of carbonyl (C=O) groups excluding carboxylic acids is 2. The molecule has 0 saturated heterocycles. The van der Waals surface area contributed by atoms with Crippen LogP contribution in [0.3, 0.4) is 0 Å². The minimum absolute atomic E-state index is 0.0216. The Morgan fingerprint density at radius 2 is 2.09 bits per heavy atom. The molecule has 0 unspecified atom stereocenters. The van der Waals surface area contributed by atoms with Crippen LogP contribution in [-0.2, 0) is 4.79 Å². The molecule has 2 aromatic rings. The number of nitrogens with one attached hydrogen (secondary N) is 2. The highest BCUT2D eigenvalue weighted by molar-refractivity contribution is 6.06. The van der Waals surface area contributed by atoms with E-state index >= 15 is 0 Å². The van der Waals surface area contributed by atoms with Gasteiger partial charge in [-0.25, -0.2) is 0 Å². The lowest BCUT2D eigenvalue weighted by molar-refractivity contribution is -0.125. The highest BCUT2D eigenvalue weighted by Gasteiger charge is 2.26. The molecule has 0 fully saturated rings. The number of carbonyl (C=O) groups is 2. The Hall–Kier alpha value is -2.91. The van der Waals surface area contributed by atoms with E-state index in [0.29, 0.717) is 11.1 Å². The second kappa shape index (κ2) is 7.38. The molecule has 2 rings (SSSR count). The number of para-hydroxylation sites is 1. The van der Waals surface area contributed by atoms with Crippen LogP contribution in [0.25, 0.3) is 10.9 Å². The highest BCUT2D eigenvalue weighted by atomic mass is 16.3. The number of terminal acetylenes is 1. The van der Waals surface area contributed by atoms with Crippen LogP contribution in [0.2, 0.25) is 0 Å². The number of pyridine rings is 1. The minimum atomic E-state index is -1.10. The van der Waals surface area contributed by atoms with E-state index in [9.17, 15) is 14.7 Å². The summed E-state index contributed by atoms with van der Waals surface area (Å²) in [5.41, 5.74) is 0.861. The number of fused-ring (bicyclic) bond motifs is 1.